The van der Waals surface area contributed by atoms with E-state index in [0.717, 1.165) is 54.7 Å². The Morgan fingerprint density at radius 2 is 1.10 bits per heavy atom. The molecule has 4 rings (SSSR count). The van der Waals surface area contributed by atoms with Crippen molar-refractivity contribution in [2.75, 3.05) is 13.2 Å². The lowest BCUT2D eigenvalue weighted by Crippen LogP contribution is -2.44. The normalized spacial score (nSPS) is 21.1. The van der Waals surface area contributed by atoms with E-state index in [2.05, 4.69) is 13.8 Å². The Hall–Kier alpha value is -3.35. The highest BCUT2D eigenvalue weighted by Gasteiger charge is 2.52. The van der Waals surface area contributed by atoms with Crippen molar-refractivity contribution in [3.8, 4) is 17.2 Å². The number of hydrogen-bond donors (Lipinski definition) is 0. The molecule has 1 radical (unpaired) electrons. The molecule has 2 unspecified atom stereocenters. The molecule has 6 nitrogen and oxygen atoms in total. The van der Waals surface area contributed by atoms with Crippen molar-refractivity contribution in [2.45, 2.75) is 77.3 Å². The summed E-state index contributed by atoms with van der Waals surface area (Å²) in [5.74, 6) is 1.57. The van der Waals surface area contributed by atoms with Crippen molar-refractivity contribution in [1.82, 2.24) is 5.06 Å². The Kier molecular flexibility index (Phi) is 9.31. The van der Waals surface area contributed by atoms with Crippen molar-refractivity contribution < 1.29 is 24.2 Å². The van der Waals surface area contributed by atoms with E-state index in [0.29, 0.717) is 30.9 Å². The van der Waals surface area contributed by atoms with Gasteiger partial charge in [-0.1, -0.05) is 51.0 Å². The SMILES string of the molecule is CCCCOc1ccc(C(=O)Oc2ccc(C3(C)CCC(C)(c4ccc(OCCCC)cc4)N3[O])cc2)cc1. The summed E-state index contributed by atoms with van der Waals surface area (Å²) in [4.78, 5) is 12.7. The van der Waals surface area contributed by atoms with Crippen molar-refractivity contribution in [3.05, 3.63) is 89.5 Å². The molecule has 0 amide bonds. The topological polar surface area (TPSA) is 67.9 Å². The van der Waals surface area contributed by atoms with Crippen LogP contribution in [0, 0.1) is 0 Å². The molecular formula is C33H40NO5. The summed E-state index contributed by atoms with van der Waals surface area (Å²) in [5, 5.41) is 15.0. The molecule has 0 saturated carbocycles. The van der Waals surface area contributed by atoms with E-state index in [9.17, 15) is 10.0 Å². The lowest BCUT2D eigenvalue weighted by atomic mass is 9.89. The van der Waals surface area contributed by atoms with Gasteiger partial charge >= 0.3 is 5.97 Å². The maximum Gasteiger partial charge on any atom is 0.343 e. The number of nitrogens with zero attached hydrogens (tertiary/aromatic N) is 1. The third-order valence-electron chi connectivity index (χ3n) is 7.78. The largest absolute Gasteiger partial charge is 0.494 e. The molecule has 39 heavy (non-hydrogen) atoms. The van der Waals surface area contributed by atoms with E-state index >= 15 is 0 Å². The molecule has 207 valence electrons. The molecule has 3 aromatic rings. The molecular weight excluding hydrogens is 490 g/mol. The van der Waals surface area contributed by atoms with Gasteiger partial charge in [0.2, 0.25) is 0 Å². The van der Waals surface area contributed by atoms with Gasteiger partial charge in [0.15, 0.2) is 0 Å². The van der Waals surface area contributed by atoms with Gasteiger partial charge in [0.25, 0.3) is 0 Å². The molecule has 0 spiro atoms. The molecule has 0 aliphatic carbocycles. The molecule has 1 fully saturated rings. The first-order valence-electron chi connectivity index (χ1n) is 14.1. The molecule has 3 aromatic carbocycles. The lowest BCUT2D eigenvalue weighted by molar-refractivity contribution is -0.260. The number of benzene rings is 3. The van der Waals surface area contributed by atoms with Crippen LogP contribution < -0.4 is 14.2 Å². The Bertz CT molecular complexity index is 1210. The molecule has 1 saturated heterocycles. The van der Waals surface area contributed by atoms with E-state index in [-0.39, 0.29) is 0 Å². The summed E-state index contributed by atoms with van der Waals surface area (Å²) < 4.78 is 17.0. The van der Waals surface area contributed by atoms with Crippen molar-refractivity contribution in [1.29, 1.82) is 0 Å². The van der Waals surface area contributed by atoms with Gasteiger partial charge in [-0.3, -0.25) is 0 Å². The van der Waals surface area contributed by atoms with Crippen LogP contribution in [0.4, 0.5) is 0 Å². The fourth-order valence-electron chi connectivity index (χ4n) is 5.07. The minimum Gasteiger partial charge on any atom is -0.494 e. The van der Waals surface area contributed by atoms with Gasteiger partial charge in [0.1, 0.15) is 17.2 Å². The van der Waals surface area contributed by atoms with E-state index in [1.807, 2.05) is 50.2 Å². The third-order valence-corrected chi connectivity index (χ3v) is 7.78. The predicted octanol–water partition coefficient (Wildman–Crippen LogP) is 7.84. The maximum absolute atomic E-state index is 13.8. The quantitative estimate of drug-likeness (QED) is 0.136. The van der Waals surface area contributed by atoms with Crippen LogP contribution in [0.1, 0.15) is 87.7 Å². The molecule has 1 heterocycles. The van der Waals surface area contributed by atoms with Crippen molar-refractivity contribution in [3.63, 3.8) is 0 Å². The molecule has 0 aromatic heterocycles. The summed E-state index contributed by atoms with van der Waals surface area (Å²) in [5.41, 5.74) is 0.994. The Balaban J connectivity index is 1.40. The zero-order chi connectivity index (χ0) is 27.9. The first-order chi connectivity index (χ1) is 18.8. The molecule has 6 heteroatoms. The van der Waals surface area contributed by atoms with Crippen LogP contribution in [-0.2, 0) is 16.3 Å². The number of unbranched alkanes of at least 4 members (excludes halogenated alkanes) is 2. The zero-order valence-corrected chi connectivity index (χ0v) is 23.6. The number of carbonyl (C=O) groups excluding carboxylic acids is 1. The first kappa shape index (κ1) is 28.7. The highest BCUT2D eigenvalue weighted by Crippen LogP contribution is 2.51. The average Bonchev–Trinajstić information content (AvgIpc) is 3.20. The van der Waals surface area contributed by atoms with Gasteiger partial charge in [0.05, 0.1) is 29.9 Å². The minimum atomic E-state index is -0.693. The number of carbonyl (C=O) groups is 1. The number of rotatable bonds is 12. The van der Waals surface area contributed by atoms with Crippen molar-refractivity contribution in [2.24, 2.45) is 0 Å². The Labute approximate surface area is 232 Å². The number of hydroxylamine groups is 2. The monoisotopic (exact) mass is 530 g/mol. The second-order valence-corrected chi connectivity index (χ2v) is 10.7. The number of hydrogen-bond acceptors (Lipinski definition) is 5. The summed E-state index contributed by atoms with van der Waals surface area (Å²) in [6.07, 6.45) is 5.62. The number of ether oxygens (including phenoxy) is 3. The molecule has 1 aliphatic rings. The average molecular weight is 531 g/mol. The molecule has 1 aliphatic heterocycles. The summed E-state index contributed by atoms with van der Waals surface area (Å²) in [6, 6.07) is 22.2. The van der Waals surface area contributed by atoms with E-state index in [1.54, 1.807) is 36.4 Å². The van der Waals surface area contributed by atoms with E-state index in [4.69, 9.17) is 14.2 Å². The van der Waals surface area contributed by atoms with Crippen LogP contribution >= 0.6 is 0 Å². The first-order valence-corrected chi connectivity index (χ1v) is 14.1. The standard InChI is InChI=1S/C33H40NO5/c1-5-7-23-37-28-15-9-25(10-16-28)31(35)39-30-19-13-27(14-20-30)33(4)22-21-32(3,34(33)36)26-11-17-29(18-12-26)38-24-8-6-2/h9-20H,5-8,21-24H2,1-4H3. The van der Waals surface area contributed by atoms with Gasteiger partial charge in [-0.05, 0) is 99.2 Å². The zero-order valence-electron chi connectivity index (χ0n) is 23.6. The molecule has 2 atom stereocenters. The van der Waals surface area contributed by atoms with Crippen molar-refractivity contribution >= 4 is 5.97 Å². The summed E-state index contributed by atoms with van der Waals surface area (Å²) in [7, 11) is 0. The third kappa shape index (κ3) is 6.45. The Morgan fingerprint density at radius 1 is 0.692 bits per heavy atom. The smallest absolute Gasteiger partial charge is 0.343 e. The van der Waals surface area contributed by atoms with Crippen LogP contribution in [0.15, 0.2) is 72.8 Å². The number of esters is 1. The maximum atomic E-state index is 13.8. The van der Waals surface area contributed by atoms with Gasteiger partial charge in [-0.2, -0.15) is 0 Å². The fraction of sp³-hybridized carbons (Fsp3) is 0.424. The second-order valence-electron chi connectivity index (χ2n) is 10.7. The lowest BCUT2D eigenvalue weighted by Gasteiger charge is -2.37. The second kappa shape index (κ2) is 12.7. The van der Waals surface area contributed by atoms with Crippen LogP contribution in [0.5, 0.6) is 17.2 Å². The van der Waals surface area contributed by atoms with Crippen LogP contribution in [0.25, 0.3) is 0 Å². The van der Waals surface area contributed by atoms with Gasteiger partial charge in [0, 0.05) is 0 Å². The highest BCUT2D eigenvalue weighted by atomic mass is 16.5. The van der Waals surface area contributed by atoms with Gasteiger partial charge in [-0.25, -0.2) is 4.79 Å². The summed E-state index contributed by atoms with van der Waals surface area (Å²) >= 11 is 0. The predicted molar refractivity (Wildman–Crippen MR) is 152 cm³/mol. The van der Waals surface area contributed by atoms with Crippen LogP contribution in [-0.4, -0.2) is 24.2 Å². The van der Waals surface area contributed by atoms with Gasteiger partial charge < -0.3 is 14.2 Å². The molecule has 0 N–H and O–H groups in total. The Morgan fingerprint density at radius 3 is 1.54 bits per heavy atom. The van der Waals surface area contributed by atoms with Gasteiger partial charge in [-0.15, -0.1) is 10.3 Å². The highest BCUT2D eigenvalue weighted by molar-refractivity contribution is 5.91. The van der Waals surface area contributed by atoms with E-state index in [1.165, 1.54) is 5.06 Å². The van der Waals surface area contributed by atoms with Crippen LogP contribution in [0.3, 0.4) is 0 Å². The van der Waals surface area contributed by atoms with E-state index < -0.39 is 17.0 Å². The molecule has 0 bridgehead atoms. The van der Waals surface area contributed by atoms with Crippen LogP contribution in [0.2, 0.25) is 0 Å². The minimum absolute atomic E-state index is 0.435. The fourth-order valence-corrected chi connectivity index (χ4v) is 5.07. The summed E-state index contributed by atoms with van der Waals surface area (Å²) in [6.45, 7) is 9.60.